The molecule has 0 aliphatic carbocycles. The first-order valence-corrected chi connectivity index (χ1v) is 7.83. The van der Waals surface area contributed by atoms with Gasteiger partial charge in [0.05, 0.1) is 4.90 Å². The van der Waals surface area contributed by atoms with E-state index in [9.17, 15) is 8.42 Å². The molecular weight excluding hydrogens is 358 g/mol. The van der Waals surface area contributed by atoms with Gasteiger partial charge in [0.1, 0.15) is 0 Å². The van der Waals surface area contributed by atoms with Crippen molar-refractivity contribution in [3.05, 3.63) is 27.1 Å². The largest absolute Gasteiger partial charge is 0.243 e. The molecule has 0 aliphatic heterocycles. The molecule has 0 aliphatic rings. The van der Waals surface area contributed by atoms with Crippen LogP contribution in [-0.2, 0) is 10.0 Å². The number of hydrogen-bond acceptors (Lipinski definition) is 2. The lowest BCUT2D eigenvalue weighted by molar-refractivity contribution is 0.468. The summed E-state index contributed by atoms with van der Waals surface area (Å²) in [7, 11) is -1.81. The van der Waals surface area contributed by atoms with Crippen molar-refractivity contribution in [2.75, 3.05) is 13.6 Å². The van der Waals surface area contributed by atoms with E-state index in [1.54, 1.807) is 25.2 Å². The molecule has 0 bridgehead atoms. The minimum atomic E-state index is -3.40. The third-order valence-electron chi connectivity index (χ3n) is 2.12. The van der Waals surface area contributed by atoms with Gasteiger partial charge in [0.15, 0.2) is 0 Å². The molecule has 0 fully saturated rings. The summed E-state index contributed by atoms with van der Waals surface area (Å²) in [6.45, 7) is 2.46. The molecule has 1 aromatic carbocycles. The maximum absolute atomic E-state index is 12.2. The van der Waals surface area contributed by atoms with E-state index in [-0.39, 0.29) is 4.90 Å². The Bertz CT molecular complexity index is 474. The van der Waals surface area contributed by atoms with Gasteiger partial charge < -0.3 is 0 Å². The third kappa shape index (κ3) is 3.06. The van der Waals surface area contributed by atoms with E-state index in [1.807, 2.05) is 6.92 Å². The van der Waals surface area contributed by atoms with Crippen LogP contribution in [0, 0.1) is 0 Å². The van der Waals surface area contributed by atoms with Crippen molar-refractivity contribution < 1.29 is 8.42 Å². The van der Waals surface area contributed by atoms with Crippen LogP contribution < -0.4 is 0 Å². The number of hydrogen-bond donors (Lipinski definition) is 0. The van der Waals surface area contributed by atoms with Gasteiger partial charge in [-0.1, -0.05) is 22.9 Å². The first-order chi connectivity index (χ1) is 7.39. The van der Waals surface area contributed by atoms with Crippen LogP contribution in [0.25, 0.3) is 0 Å². The van der Waals surface area contributed by atoms with Crippen molar-refractivity contribution in [3.8, 4) is 0 Å². The van der Waals surface area contributed by atoms with Crippen molar-refractivity contribution in [2.24, 2.45) is 0 Å². The summed E-state index contributed by atoms with van der Waals surface area (Å²) in [6, 6.07) is 5.12. The van der Waals surface area contributed by atoms with E-state index < -0.39 is 10.0 Å². The Morgan fingerprint density at radius 3 is 2.50 bits per heavy atom. The van der Waals surface area contributed by atoms with Gasteiger partial charge in [0.2, 0.25) is 10.0 Å². The van der Waals surface area contributed by atoms with Crippen LogP contribution >= 0.6 is 31.9 Å². The molecular formula is C10H13Br2NO2S. The number of benzene rings is 1. The molecule has 3 nitrogen and oxygen atoms in total. The van der Waals surface area contributed by atoms with E-state index in [2.05, 4.69) is 31.9 Å². The van der Waals surface area contributed by atoms with E-state index in [0.29, 0.717) is 11.0 Å². The zero-order valence-corrected chi connectivity index (χ0v) is 13.1. The van der Waals surface area contributed by atoms with Gasteiger partial charge >= 0.3 is 0 Å². The van der Waals surface area contributed by atoms with Crippen LogP contribution in [0.1, 0.15) is 13.3 Å². The first kappa shape index (κ1) is 14.2. The van der Waals surface area contributed by atoms with Gasteiger partial charge in [-0.3, -0.25) is 0 Å². The Balaban J connectivity index is 3.21. The molecule has 0 saturated heterocycles. The minimum Gasteiger partial charge on any atom is -0.207 e. The summed E-state index contributed by atoms with van der Waals surface area (Å²) in [5.41, 5.74) is 0. The lowest BCUT2D eigenvalue weighted by Crippen LogP contribution is -2.27. The Labute approximate surface area is 113 Å². The van der Waals surface area contributed by atoms with Crippen molar-refractivity contribution in [2.45, 2.75) is 18.2 Å². The van der Waals surface area contributed by atoms with E-state index in [0.717, 1.165) is 10.9 Å². The molecule has 0 aromatic heterocycles. The van der Waals surface area contributed by atoms with Gasteiger partial charge in [-0.15, -0.1) is 0 Å². The Kier molecular flexibility index (Phi) is 4.97. The maximum Gasteiger partial charge on any atom is 0.243 e. The van der Waals surface area contributed by atoms with E-state index >= 15 is 0 Å². The van der Waals surface area contributed by atoms with Crippen LogP contribution in [0.15, 0.2) is 32.0 Å². The molecule has 1 rings (SSSR count). The second-order valence-electron chi connectivity index (χ2n) is 3.40. The topological polar surface area (TPSA) is 37.4 Å². The average Bonchev–Trinajstić information content (AvgIpc) is 2.22. The molecule has 0 atom stereocenters. The molecule has 0 N–H and O–H groups in total. The molecule has 0 spiro atoms. The third-order valence-corrected chi connectivity index (χ3v) is 5.46. The Morgan fingerprint density at radius 1 is 1.31 bits per heavy atom. The zero-order chi connectivity index (χ0) is 12.3. The monoisotopic (exact) mass is 369 g/mol. The van der Waals surface area contributed by atoms with E-state index in [4.69, 9.17) is 0 Å². The van der Waals surface area contributed by atoms with Crippen molar-refractivity contribution >= 4 is 41.9 Å². The van der Waals surface area contributed by atoms with Gasteiger partial charge in [0, 0.05) is 22.5 Å². The summed E-state index contributed by atoms with van der Waals surface area (Å²) in [6.07, 6.45) is 0.793. The molecule has 16 heavy (non-hydrogen) atoms. The van der Waals surface area contributed by atoms with Gasteiger partial charge in [0.25, 0.3) is 0 Å². The fourth-order valence-corrected chi connectivity index (χ4v) is 4.00. The summed E-state index contributed by atoms with van der Waals surface area (Å²) in [5.74, 6) is 0. The summed E-state index contributed by atoms with van der Waals surface area (Å²) >= 11 is 6.53. The lowest BCUT2D eigenvalue weighted by Gasteiger charge is -2.17. The van der Waals surface area contributed by atoms with Crippen LogP contribution in [-0.4, -0.2) is 26.3 Å². The zero-order valence-electron chi connectivity index (χ0n) is 9.07. The number of halogens is 2. The van der Waals surface area contributed by atoms with Gasteiger partial charge in [-0.2, -0.15) is 0 Å². The normalized spacial score (nSPS) is 12.1. The van der Waals surface area contributed by atoms with Crippen LogP contribution in [0.5, 0.6) is 0 Å². The molecule has 0 heterocycles. The van der Waals surface area contributed by atoms with Gasteiger partial charge in [-0.05, 0) is 40.5 Å². The quantitative estimate of drug-likeness (QED) is 0.815. The highest BCUT2D eigenvalue weighted by molar-refractivity contribution is 9.11. The lowest BCUT2D eigenvalue weighted by atomic mass is 10.4. The van der Waals surface area contributed by atoms with Crippen molar-refractivity contribution in [1.29, 1.82) is 0 Å². The molecule has 0 unspecified atom stereocenters. The molecule has 0 saturated carbocycles. The maximum atomic E-state index is 12.2. The Morgan fingerprint density at radius 2 is 1.94 bits per heavy atom. The molecule has 1 aromatic rings. The second kappa shape index (κ2) is 5.62. The fraction of sp³-hybridized carbons (Fsp3) is 0.400. The number of nitrogens with zero attached hydrogens (tertiary/aromatic N) is 1. The summed E-state index contributed by atoms with van der Waals surface area (Å²) in [4.78, 5) is 0.290. The summed E-state index contributed by atoms with van der Waals surface area (Å²) in [5, 5.41) is 0. The number of rotatable bonds is 4. The average molecular weight is 371 g/mol. The molecule has 90 valence electrons. The highest BCUT2D eigenvalue weighted by Gasteiger charge is 2.22. The number of sulfonamides is 1. The smallest absolute Gasteiger partial charge is 0.207 e. The van der Waals surface area contributed by atoms with Crippen molar-refractivity contribution in [3.63, 3.8) is 0 Å². The van der Waals surface area contributed by atoms with Crippen molar-refractivity contribution in [1.82, 2.24) is 4.31 Å². The highest BCUT2D eigenvalue weighted by atomic mass is 79.9. The first-order valence-electron chi connectivity index (χ1n) is 4.81. The van der Waals surface area contributed by atoms with Crippen LogP contribution in [0.4, 0.5) is 0 Å². The predicted octanol–water partition coefficient (Wildman–Crippen LogP) is 3.24. The SMILES string of the molecule is CCCN(C)S(=O)(=O)c1cc(Br)ccc1Br. The summed E-state index contributed by atoms with van der Waals surface area (Å²) < 4.78 is 27.0. The predicted molar refractivity (Wildman–Crippen MR) is 71.9 cm³/mol. The Hall–Kier alpha value is 0.0900. The fourth-order valence-electron chi connectivity index (χ4n) is 1.28. The highest BCUT2D eigenvalue weighted by Crippen LogP contribution is 2.27. The standard InChI is InChI=1S/C10H13Br2NO2S/c1-3-6-13(2)16(14,15)10-7-8(11)4-5-9(10)12/h4-5,7H,3,6H2,1-2H3. The molecule has 0 radical (unpaired) electrons. The molecule has 0 amide bonds. The van der Waals surface area contributed by atoms with Crippen LogP contribution in [0.3, 0.4) is 0 Å². The van der Waals surface area contributed by atoms with Crippen LogP contribution in [0.2, 0.25) is 0 Å². The van der Waals surface area contributed by atoms with E-state index in [1.165, 1.54) is 4.31 Å². The van der Waals surface area contributed by atoms with Gasteiger partial charge in [-0.25, -0.2) is 12.7 Å². The molecule has 6 heteroatoms. The minimum absolute atomic E-state index is 0.290. The second-order valence-corrected chi connectivity index (χ2v) is 7.18.